The molecule has 1 aromatic heterocycles. The second kappa shape index (κ2) is 3.11. The lowest BCUT2D eigenvalue weighted by Gasteiger charge is -2.33. The standard InChI is InChI=1S/C12H19NO/c1-8-10-7-9(12(2,3)4)5-6-11(10)13-14-8/h9H,5-7H2,1-4H3. The summed E-state index contributed by atoms with van der Waals surface area (Å²) in [6.07, 6.45) is 3.49. The average molecular weight is 193 g/mol. The Balaban J connectivity index is 2.24. The molecule has 1 atom stereocenters. The molecular formula is C12H19NO. The third-order valence-corrected chi connectivity index (χ3v) is 3.47. The summed E-state index contributed by atoms with van der Waals surface area (Å²) in [5.41, 5.74) is 2.97. The van der Waals surface area contributed by atoms with Gasteiger partial charge in [-0.2, -0.15) is 0 Å². The molecule has 0 saturated carbocycles. The highest BCUT2D eigenvalue weighted by Gasteiger charge is 2.31. The predicted octanol–water partition coefficient (Wildman–Crippen LogP) is 3.13. The molecule has 0 radical (unpaired) electrons. The Morgan fingerprint density at radius 3 is 2.71 bits per heavy atom. The fourth-order valence-corrected chi connectivity index (χ4v) is 2.29. The molecular weight excluding hydrogens is 174 g/mol. The highest BCUT2D eigenvalue weighted by Crippen LogP contribution is 2.37. The van der Waals surface area contributed by atoms with Crippen LogP contribution in [0.2, 0.25) is 0 Å². The molecule has 0 fully saturated rings. The summed E-state index contributed by atoms with van der Waals surface area (Å²) in [6.45, 7) is 9.00. The molecule has 2 rings (SSSR count). The first-order valence-corrected chi connectivity index (χ1v) is 5.42. The Morgan fingerprint density at radius 1 is 1.36 bits per heavy atom. The Labute approximate surface area is 85.7 Å². The number of hydrogen-bond donors (Lipinski definition) is 0. The Kier molecular flexibility index (Phi) is 2.17. The summed E-state index contributed by atoms with van der Waals surface area (Å²) in [5.74, 6) is 1.79. The molecule has 1 aliphatic carbocycles. The molecule has 0 bridgehead atoms. The van der Waals surface area contributed by atoms with E-state index in [1.54, 1.807) is 0 Å². The van der Waals surface area contributed by atoms with Crippen molar-refractivity contribution >= 4 is 0 Å². The van der Waals surface area contributed by atoms with Crippen molar-refractivity contribution in [1.29, 1.82) is 0 Å². The SMILES string of the molecule is Cc1onc2c1CC(C(C)(C)C)CC2. The van der Waals surface area contributed by atoms with E-state index in [2.05, 4.69) is 25.9 Å². The maximum absolute atomic E-state index is 5.23. The smallest absolute Gasteiger partial charge is 0.137 e. The zero-order chi connectivity index (χ0) is 10.3. The van der Waals surface area contributed by atoms with Crippen molar-refractivity contribution in [1.82, 2.24) is 5.16 Å². The lowest BCUT2D eigenvalue weighted by atomic mass is 9.71. The van der Waals surface area contributed by atoms with Crippen LogP contribution in [0, 0.1) is 18.3 Å². The van der Waals surface area contributed by atoms with Gasteiger partial charge in [-0.15, -0.1) is 0 Å². The summed E-state index contributed by atoms with van der Waals surface area (Å²) >= 11 is 0. The fraction of sp³-hybridized carbons (Fsp3) is 0.750. The van der Waals surface area contributed by atoms with Gasteiger partial charge in [0.25, 0.3) is 0 Å². The van der Waals surface area contributed by atoms with E-state index < -0.39 is 0 Å². The highest BCUT2D eigenvalue weighted by atomic mass is 16.5. The minimum absolute atomic E-state index is 0.404. The van der Waals surface area contributed by atoms with Crippen LogP contribution in [0.3, 0.4) is 0 Å². The van der Waals surface area contributed by atoms with Gasteiger partial charge in [0.15, 0.2) is 0 Å². The van der Waals surface area contributed by atoms with Gasteiger partial charge in [-0.25, -0.2) is 0 Å². The Morgan fingerprint density at radius 2 is 2.07 bits per heavy atom. The molecule has 2 nitrogen and oxygen atoms in total. The van der Waals surface area contributed by atoms with Gasteiger partial charge in [0.2, 0.25) is 0 Å². The Bertz CT molecular complexity index is 333. The lowest BCUT2D eigenvalue weighted by Crippen LogP contribution is -2.26. The van der Waals surface area contributed by atoms with E-state index in [0.29, 0.717) is 5.41 Å². The number of hydrogen-bond acceptors (Lipinski definition) is 2. The van der Waals surface area contributed by atoms with Gasteiger partial charge >= 0.3 is 0 Å². The zero-order valence-electron chi connectivity index (χ0n) is 9.55. The van der Waals surface area contributed by atoms with E-state index in [9.17, 15) is 0 Å². The van der Waals surface area contributed by atoms with Crippen LogP contribution < -0.4 is 0 Å². The number of rotatable bonds is 0. The van der Waals surface area contributed by atoms with Gasteiger partial charge in [0.1, 0.15) is 5.76 Å². The zero-order valence-corrected chi connectivity index (χ0v) is 9.55. The third kappa shape index (κ3) is 1.58. The monoisotopic (exact) mass is 193 g/mol. The molecule has 1 unspecified atom stereocenters. The van der Waals surface area contributed by atoms with E-state index in [1.807, 2.05) is 6.92 Å². The normalized spacial score (nSPS) is 22.1. The summed E-state index contributed by atoms with van der Waals surface area (Å²) in [6, 6.07) is 0. The number of aromatic nitrogens is 1. The van der Waals surface area contributed by atoms with Gasteiger partial charge < -0.3 is 4.52 Å². The number of fused-ring (bicyclic) bond motifs is 1. The van der Waals surface area contributed by atoms with Crippen molar-refractivity contribution in [2.24, 2.45) is 11.3 Å². The maximum atomic E-state index is 5.23. The molecule has 0 aliphatic heterocycles. The summed E-state index contributed by atoms with van der Waals surface area (Å²) < 4.78 is 5.23. The van der Waals surface area contributed by atoms with Gasteiger partial charge in [0.05, 0.1) is 5.69 Å². The maximum Gasteiger partial charge on any atom is 0.137 e. The largest absolute Gasteiger partial charge is 0.361 e. The number of aryl methyl sites for hydroxylation is 2. The van der Waals surface area contributed by atoms with Crippen molar-refractivity contribution in [3.05, 3.63) is 17.0 Å². The second-order valence-corrected chi connectivity index (χ2v) is 5.47. The highest BCUT2D eigenvalue weighted by molar-refractivity contribution is 5.25. The summed E-state index contributed by atoms with van der Waals surface area (Å²) in [4.78, 5) is 0. The quantitative estimate of drug-likeness (QED) is 0.632. The van der Waals surface area contributed by atoms with Crippen molar-refractivity contribution in [2.45, 2.75) is 47.0 Å². The summed E-state index contributed by atoms with van der Waals surface area (Å²) in [5, 5.41) is 4.10. The van der Waals surface area contributed by atoms with Gasteiger partial charge in [-0.3, -0.25) is 0 Å². The second-order valence-electron chi connectivity index (χ2n) is 5.47. The van der Waals surface area contributed by atoms with Crippen LogP contribution in [0.5, 0.6) is 0 Å². The fourth-order valence-electron chi connectivity index (χ4n) is 2.29. The van der Waals surface area contributed by atoms with Gasteiger partial charge in [-0.05, 0) is 37.5 Å². The van der Waals surface area contributed by atoms with Crippen molar-refractivity contribution < 1.29 is 4.52 Å². The molecule has 14 heavy (non-hydrogen) atoms. The van der Waals surface area contributed by atoms with E-state index >= 15 is 0 Å². The van der Waals surface area contributed by atoms with Crippen molar-refractivity contribution in [3.8, 4) is 0 Å². The molecule has 2 heteroatoms. The van der Waals surface area contributed by atoms with Crippen LogP contribution >= 0.6 is 0 Å². The van der Waals surface area contributed by atoms with E-state index in [1.165, 1.54) is 17.7 Å². The van der Waals surface area contributed by atoms with Gasteiger partial charge in [0, 0.05) is 5.56 Å². The molecule has 0 aromatic carbocycles. The first-order valence-electron chi connectivity index (χ1n) is 5.42. The van der Waals surface area contributed by atoms with E-state index in [0.717, 1.165) is 24.5 Å². The molecule has 78 valence electrons. The van der Waals surface area contributed by atoms with Gasteiger partial charge in [-0.1, -0.05) is 25.9 Å². The minimum atomic E-state index is 0.404. The topological polar surface area (TPSA) is 26.0 Å². The third-order valence-electron chi connectivity index (χ3n) is 3.47. The van der Waals surface area contributed by atoms with Crippen molar-refractivity contribution in [3.63, 3.8) is 0 Å². The molecule has 0 saturated heterocycles. The van der Waals surface area contributed by atoms with Crippen LogP contribution in [-0.2, 0) is 12.8 Å². The predicted molar refractivity (Wildman–Crippen MR) is 56.2 cm³/mol. The summed E-state index contributed by atoms with van der Waals surface area (Å²) in [7, 11) is 0. The van der Waals surface area contributed by atoms with Crippen LogP contribution in [0.1, 0.15) is 44.2 Å². The van der Waals surface area contributed by atoms with Crippen LogP contribution in [0.15, 0.2) is 4.52 Å². The average Bonchev–Trinajstić information content (AvgIpc) is 2.46. The lowest BCUT2D eigenvalue weighted by molar-refractivity contribution is 0.215. The first kappa shape index (κ1) is 9.75. The molecule has 0 amide bonds. The molecule has 0 spiro atoms. The molecule has 0 N–H and O–H groups in total. The van der Waals surface area contributed by atoms with Crippen LogP contribution in [-0.4, -0.2) is 5.16 Å². The van der Waals surface area contributed by atoms with Crippen molar-refractivity contribution in [2.75, 3.05) is 0 Å². The van der Waals surface area contributed by atoms with E-state index in [4.69, 9.17) is 4.52 Å². The van der Waals surface area contributed by atoms with Crippen LogP contribution in [0.4, 0.5) is 0 Å². The van der Waals surface area contributed by atoms with Crippen LogP contribution in [0.25, 0.3) is 0 Å². The Hall–Kier alpha value is -0.790. The van der Waals surface area contributed by atoms with E-state index in [-0.39, 0.29) is 0 Å². The molecule has 1 heterocycles. The molecule has 1 aromatic rings. The first-order chi connectivity index (χ1) is 6.48. The number of nitrogens with zero attached hydrogens (tertiary/aromatic N) is 1. The minimum Gasteiger partial charge on any atom is -0.361 e. The molecule has 1 aliphatic rings.